The van der Waals surface area contributed by atoms with Gasteiger partial charge in [0.05, 0.1) is 11.9 Å². The summed E-state index contributed by atoms with van der Waals surface area (Å²) >= 11 is 1.71. The molecule has 0 bridgehead atoms. The van der Waals surface area contributed by atoms with Crippen LogP contribution in [0.3, 0.4) is 0 Å². The van der Waals surface area contributed by atoms with Crippen LogP contribution in [-0.2, 0) is 11.3 Å². The molecule has 0 saturated heterocycles. The van der Waals surface area contributed by atoms with E-state index in [0.29, 0.717) is 12.2 Å². The van der Waals surface area contributed by atoms with Crippen LogP contribution in [0.4, 0.5) is 10.1 Å². The molecule has 1 amide bonds. The van der Waals surface area contributed by atoms with E-state index >= 15 is 0 Å². The van der Waals surface area contributed by atoms with Crippen LogP contribution >= 0.6 is 11.3 Å². The zero-order valence-corrected chi connectivity index (χ0v) is 12.4. The van der Waals surface area contributed by atoms with Crippen molar-refractivity contribution < 1.29 is 14.1 Å². The number of aryl methyl sites for hydroxylation is 1. The maximum absolute atomic E-state index is 13.0. The Morgan fingerprint density at radius 1 is 1.40 bits per heavy atom. The van der Waals surface area contributed by atoms with Gasteiger partial charge < -0.3 is 10.2 Å². The molecule has 1 aromatic carbocycles. The number of hydrogen-bond acceptors (Lipinski definition) is 2. The summed E-state index contributed by atoms with van der Waals surface area (Å²) in [5.74, 6) is -0.458. The number of hydrogen-bond donors (Lipinski definition) is 2. The lowest BCUT2D eigenvalue weighted by Gasteiger charge is -2.13. The normalized spacial score (nSPS) is 12.2. The Morgan fingerprint density at radius 2 is 2.20 bits per heavy atom. The van der Waals surface area contributed by atoms with Gasteiger partial charge in [0.2, 0.25) is 0 Å². The Kier molecular flexibility index (Phi) is 4.87. The third-order valence-corrected chi connectivity index (χ3v) is 4.02. The molecule has 0 saturated carbocycles. The van der Waals surface area contributed by atoms with E-state index < -0.39 is 0 Å². The number of anilines is 1. The third-order valence-electron chi connectivity index (χ3n) is 3.00. The number of nitrogens with one attached hydrogen (secondary N) is 2. The quantitative estimate of drug-likeness (QED) is 0.867. The van der Waals surface area contributed by atoms with Crippen LogP contribution in [0, 0.1) is 12.7 Å². The van der Waals surface area contributed by atoms with Crippen LogP contribution in [0.2, 0.25) is 0 Å². The van der Waals surface area contributed by atoms with Crippen LogP contribution in [0.25, 0.3) is 0 Å². The van der Waals surface area contributed by atoms with E-state index in [1.54, 1.807) is 23.5 Å². The molecule has 1 unspecified atom stereocenters. The van der Waals surface area contributed by atoms with E-state index in [0.717, 1.165) is 11.4 Å². The van der Waals surface area contributed by atoms with Crippen molar-refractivity contribution in [2.24, 2.45) is 0 Å². The Bertz CT molecular complexity index is 597. The Balaban J connectivity index is 1.86. The minimum atomic E-state index is -0.349. The molecule has 0 fully saturated rings. The lowest BCUT2D eigenvalue weighted by Crippen LogP contribution is -3.08. The lowest BCUT2D eigenvalue weighted by molar-refractivity contribution is -0.884. The zero-order chi connectivity index (χ0) is 14.5. The fraction of sp³-hybridized carbons (Fsp3) is 0.267. The van der Waals surface area contributed by atoms with Crippen LogP contribution in [-0.4, -0.2) is 19.5 Å². The molecule has 0 spiro atoms. The van der Waals surface area contributed by atoms with Gasteiger partial charge in [0.15, 0.2) is 6.54 Å². The van der Waals surface area contributed by atoms with Gasteiger partial charge >= 0.3 is 0 Å². The highest BCUT2D eigenvalue weighted by Gasteiger charge is 2.12. The molecule has 0 aliphatic heterocycles. The molecular formula is C15H18FN2OS+. The summed E-state index contributed by atoms with van der Waals surface area (Å²) in [6.07, 6.45) is 0. The molecule has 20 heavy (non-hydrogen) atoms. The molecule has 2 rings (SSSR count). The van der Waals surface area contributed by atoms with Crippen molar-refractivity contribution in [1.82, 2.24) is 0 Å². The van der Waals surface area contributed by atoms with Crippen molar-refractivity contribution in [1.29, 1.82) is 0 Å². The van der Waals surface area contributed by atoms with Crippen molar-refractivity contribution in [2.45, 2.75) is 13.5 Å². The molecule has 5 heteroatoms. The van der Waals surface area contributed by atoms with Gasteiger partial charge in [0.1, 0.15) is 12.4 Å². The van der Waals surface area contributed by atoms with Gasteiger partial charge in [-0.25, -0.2) is 4.39 Å². The molecule has 0 aliphatic rings. The summed E-state index contributed by atoms with van der Waals surface area (Å²) < 4.78 is 13.0. The molecule has 2 aromatic rings. The predicted octanol–water partition coefficient (Wildman–Crippen LogP) is 1.85. The van der Waals surface area contributed by atoms with Gasteiger partial charge in [-0.1, -0.05) is 6.07 Å². The van der Waals surface area contributed by atoms with Gasteiger partial charge in [-0.3, -0.25) is 4.79 Å². The van der Waals surface area contributed by atoms with E-state index in [2.05, 4.69) is 23.7 Å². The van der Waals surface area contributed by atoms with Gasteiger partial charge in [-0.15, -0.1) is 11.3 Å². The number of carbonyl (C=O) groups is 1. The number of quaternary nitrogens is 1. The lowest BCUT2D eigenvalue weighted by atomic mass is 10.3. The number of benzene rings is 1. The van der Waals surface area contributed by atoms with Crippen molar-refractivity contribution in [3.05, 3.63) is 52.0 Å². The molecule has 1 atom stereocenters. The van der Waals surface area contributed by atoms with Gasteiger partial charge in [-0.05, 0) is 42.1 Å². The van der Waals surface area contributed by atoms with Crippen LogP contribution in [0.5, 0.6) is 0 Å². The standard InChI is InChI=1S/C15H17FN2OS/c1-11-6-7-20-14(11)9-18(2)10-15(19)17-13-5-3-4-12(16)8-13/h3-8H,9-10H2,1-2H3,(H,17,19)/p+1. The fourth-order valence-electron chi connectivity index (χ4n) is 1.97. The van der Waals surface area contributed by atoms with Gasteiger partial charge in [0.25, 0.3) is 5.91 Å². The summed E-state index contributed by atoms with van der Waals surface area (Å²) in [7, 11) is 1.98. The average molecular weight is 293 g/mol. The van der Waals surface area contributed by atoms with Gasteiger partial charge in [-0.2, -0.15) is 0 Å². The van der Waals surface area contributed by atoms with Crippen LogP contribution in [0.1, 0.15) is 10.4 Å². The molecule has 3 nitrogen and oxygen atoms in total. The fourth-order valence-corrected chi connectivity index (χ4v) is 2.99. The average Bonchev–Trinajstić information content (AvgIpc) is 2.74. The maximum Gasteiger partial charge on any atom is 0.279 e. The van der Waals surface area contributed by atoms with Crippen molar-refractivity contribution in [2.75, 3.05) is 18.9 Å². The number of likely N-dealkylation sites (N-methyl/N-ethyl adjacent to an activating group) is 1. The molecule has 2 N–H and O–H groups in total. The number of halogens is 1. The largest absolute Gasteiger partial charge is 0.325 e. The number of rotatable bonds is 5. The number of carbonyl (C=O) groups excluding carboxylic acids is 1. The van der Waals surface area contributed by atoms with E-state index in [9.17, 15) is 9.18 Å². The van der Waals surface area contributed by atoms with Crippen LogP contribution in [0.15, 0.2) is 35.7 Å². The first-order chi connectivity index (χ1) is 9.54. The molecule has 1 aromatic heterocycles. The van der Waals surface area contributed by atoms with E-state index in [4.69, 9.17) is 0 Å². The molecular weight excluding hydrogens is 275 g/mol. The van der Waals surface area contributed by atoms with Crippen LogP contribution < -0.4 is 10.2 Å². The van der Waals surface area contributed by atoms with E-state index in [-0.39, 0.29) is 11.7 Å². The first kappa shape index (κ1) is 14.7. The Hall–Kier alpha value is -1.72. The van der Waals surface area contributed by atoms with E-state index in [1.807, 2.05) is 7.05 Å². The molecule has 1 heterocycles. The highest BCUT2D eigenvalue weighted by atomic mass is 32.1. The first-order valence-corrected chi connectivity index (χ1v) is 7.32. The SMILES string of the molecule is Cc1ccsc1C[NH+](C)CC(=O)Nc1cccc(F)c1. The number of amides is 1. The Labute approximate surface area is 122 Å². The molecule has 0 aliphatic carbocycles. The highest BCUT2D eigenvalue weighted by molar-refractivity contribution is 7.10. The third kappa shape index (κ3) is 4.15. The minimum absolute atomic E-state index is 0.109. The summed E-state index contributed by atoms with van der Waals surface area (Å²) in [6, 6.07) is 8.01. The second-order valence-electron chi connectivity index (χ2n) is 4.90. The minimum Gasteiger partial charge on any atom is -0.325 e. The maximum atomic E-state index is 13.0. The summed E-state index contributed by atoms with van der Waals surface area (Å²) in [5.41, 5.74) is 1.76. The smallest absolute Gasteiger partial charge is 0.279 e. The van der Waals surface area contributed by atoms with E-state index in [1.165, 1.54) is 22.6 Å². The van der Waals surface area contributed by atoms with Crippen molar-refractivity contribution >= 4 is 22.9 Å². The summed E-state index contributed by atoms with van der Waals surface area (Å²) in [4.78, 5) is 14.3. The second-order valence-corrected chi connectivity index (χ2v) is 5.90. The monoisotopic (exact) mass is 293 g/mol. The topological polar surface area (TPSA) is 33.5 Å². The van der Waals surface area contributed by atoms with Crippen molar-refractivity contribution in [3.63, 3.8) is 0 Å². The van der Waals surface area contributed by atoms with Crippen molar-refractivity contribution in [3.8, 4) is 0 Å². The second kappa shape index (κ2) is 6.63. The first-order valence-electron chi connectivity index (χ1n) is 6.44. The summed E-state index contributed by atoms with van der Waals surface area (Å²) in [6.45, 7) is 3.25. The van der Waals surface area contributed by atoms with Gasteiger partial charge in [0, 0.05) is 5.69 Å². The molecule has 106 valence electrons. The predicted molar refractivity (Wildman–Crippen MR) is 79.5 cm³/mol. The number of thiophene rings is 1. The highest BCUT2D eigenvalue weighted by Crippen LogP contribution is 2.13. The summed E-state index contributed by atoms with van der Waals surface area (Å²) in [5, 5.41) is 4.77. The Morgan fingerprint density at radius 3 is 2.85 bits per heavy atom. The molecule has 0 radical (unpaired) electrons. The zero-order valence-electron chi connectivity index (χ0n) is 11.6.